The van der Waals surface area contributed by atoms with Crippen molar-refractivity contribution in [1.29, 1.82) is 0 Å². The molecule has 0 fully saturated rings. The summed E-state index contributed by atoms with van der Waals surface area (Å²) in [7, 11) is 0. The first-order chi connectivity index (χ1) is 9.51. The van der Waals surface area contributed by atoms with Gasteiger partial charge in [-0.05, 0) is 30.7 Å². The normalized spacial score (nSPS) is 10.8. The zero-order valence-electron chi connectivity index (χ0n) is 10.6. The quantitative estimate of drug-likeness (QED) is 0.811. The minimum atomic E-state index is -0.995. The van der Waals surface area contributed by atoms with E-state index in [2.05, 4.69) is 10.2 Å². The molecule has 2 rings (SSSR count). The molecule has 0 spiro atoms. The molecule has 106 valence electrons. The molecular formula is C12H12FN3O3S. The minimum absolute atomic E-state index is 0.197. The number of carbonyl (C=O) groups is 1. The number of aliphatic hydroxyl groups is 1. The molecule has 0 saturated heterocycles. The van der Waals surface area contributed by atoms with Crippen LogP contribution in [-0.2, 0) is 11.4 Å². The van der Waals surface area contributed by atoms with E-state index in [0.29, 0.717) is 16.4 Å². The number of aliphatic carboxylic acids is 1. The zero-order valence-corrected chi connectivity index (χ0v) is 11.4. The molecule has 20 heavy (non-hydrogen) atoms. The number of hydrogen-bond acceptors (Lipinski definition) is 5. The Kier molecular flexibility index (Phi) is 4.35. The Labute approximate surface area is 118 Å². The van der Waals surface area contributed by atoms with Gasteiger partial charge in [0.2, 0.25) is 0 Å². The summed E-state index contributed by atoms with van der Waals surface area (Å²) in [5.74, 6) is -1.39. The van der Waals surface area contributed by atoms with Gasteiger partial charge in [0.15, 0.2) is 11.0 Å². The summed E-state index contributed by atoms with van der Waals surface area (Å²) in [6.07, 6.45) is 0. The van der Waals surface area contributed by atoms with Crippen LogP contribution in [0.3, 0.4) is 0 Å². The SMILES string of the molecule is Cc1cc(F)cc(-n2c(CO)nnc2SCC(=O)O)c1. The monoisotopic (exact) mass is 297 g/mol. The fourth-order valence-corrected chi connectivity index (χ4v) is 2.42. The molecule has 6 nitrogen and oxygen atoms in total. The number of nitrogens with zero attached hydrogens (tertiary/aromatic N) is 3. The summed E-state index contributed by atoms with van der Waals surface area (Å²) in [6, 6.07) is 4.35. The van der Waals surface area contributed by atoms with E-state index in [4.69, 9.17) is 5.11 Å². The van der Waals surface area contributed by atoms with Gasteiger partial charge in [0.05, 0.1) is 11.4 Å². The largest absolute Gasteiger partial charge is 0.481 e. The van der Waals surface area contributed by atoms with Crippen LogP contribution in [-0.4, -0.2) is 36.7 Å². The fraction of sp³-hybridized carbons (Fsp3) is 0.250. The number of carboxylic acids is 1. The molecule has 8 heteroatoms. The Bertz CT molecular complexity index is 625. The Morgan fingerprint density at radius 3 is 2.75 bits per heavy atom. The van der Waals surface area contributed by atoms with E-state index in [9.17, 15) is 14.3 Å². The fourth-order valence-electron chi connectivity index (χ4n) is 1.73. The van der Waals surface area contributed by atoms with Gasteiger partial charge in [0, 0.05) is 0 Å². The highest BCUT2D eigenvalue weighted by atomic mass is 32.2. The van der Waals surface area contributed by atoms with Gasteiger partial charge >= 0.3 is 5.97 Å². The van der Waals surface area contributed by atoms with Crippen molar-refractivity contribution < 1.29 is 19.4 Å². The lowest BCUT2D eigenvalue weighted by atomic mass is 10.2. The topological polar surface area (TPSA) is 88.2 Å². The second-order valence-electron chi connectivity index (χ2n) is 4.06. The lowest BCUT2D eigenvalue weighted by Crippen LogP contribution is -2.05. The molecule has 0 saturated carbocycles. The van der Waals surface area contributed by atoms with E-state index in [1.807, 2.05) is 0 Å². The predicted molar refractivity (Wildman–Crippen MR) is 70.3 cm³/mol. The van der Waals surface area contributed by atoms with Crippen molar-refractivity contribution in [3.63, 3.8) is 0 Å². The van der Waals surface area contributed by atoms with E-state index in [1.54, 1.807) is 13.0 Å². The molecule has 0 aliphatic carbocycles. The second-order valence-corrected chi connectivity index (χ2v) is 5.00. The Morgan fingerprint density at radius 2 is 2.15 bits per heavy atom. The van der Waals surface area contributed by atoms with Crippen molar-refractivity contribution in [2.24, 2.45) is 0 Å². The van der Waals surface area contributed by atoms with Crippen LogP contribution >= 0.6 is 11.8 Å². The molecule has 2 aromatic rings. The Balaban J connectivity index is 2.47. The van der Waals surface area contributed by atoms with Crippen molar-refractivity contribution in [2.45, 2.75) is 18.7 Å². The van der Waals surface area contributed by atoms with E-state index in [-0.39, 0.29) is 18.2 Å². The number of halogens is 1. The maximum absolute atomic E-state index is 13.5. The number of aliphatic hydroxyl groups excluding tert-OH is 1. The lowest BCUT2D eigenvalue weighted by molar-refractivity contribution is -0.133. The molecule has 0 unspecified atom stereocenters. The zero-order chi connectivity index (χ0) is 14.7. The van der Waals surface area contributed by atoms with Gasteiger partial charge in [0.25, 0.3) is 0 Å². The summed E-state index contributed by atoms with van der Waals surface area (Å²) in [4.78, 5) is 10.6. The summed E-state index contributed by atoms with van der Waals surface area (Å²) in [5, 5.41) is 25.9. The molecule has 0 bridgehead atoms. The number of thioether (sulfide) groups is 1. The smallest absolute Gasteiger partial charge is 0.313 e. The van der Waals surface area contributed by atoms with Crippen molar-refractivity contribution in [1.82, 2.24) is 14.8 Å². The maximum Gasteiger partial charge on any atom is 0.313 e. The van der Waals surface area contributed by atoms with Crippen LogP contribution in [0.1, 0.15) is 11.4 Å². The lowest BCUT2D eigenvalue weighted by Gasteiger charge is -2.09. The van der Waals surface area contributed by atoms with Gasteiger partial charge in [-0.25, -0.2) is 4.39 Å². The van der Waals surface area contributed by atoms with Crippen LogP contribution < -0.4 is 0 Å². The van der Waals surface area contributed by atoms with E-state index < -0.39 is 11.8 Å². The van der Waals surface area contributed by atoms with E-state index in [1.165, 1.54) is 16.7 Å². The van der Waals surface area contributed by atoms with Crippen molar-refractivity contribution in [3.8, 4) is 5.69 Å². The molecule has 1 heterocycles. The third-order valence-electron chi connectivity index (χ3n) is 2.45. The minimum Gasteiger partial charge on any atom is -0.481 e. The Morgan fingerprint density at radius 1 is 1.40 bits per heavy atom. The van der Waals surface area contributed by atoms with Crippen LogP contribution in [0.4, 0.5) is 4.39 Å². The number of carboxylic acid groups (broad SMARTS) is 1. The van der Waals surface area contributed by atoms with Gasteiger partial charge in [-0.15, -0.1) is 10.2 Å². The second kappa shape index (κ2) is 6.02. The van der Waals surface area contributed by atoms with E-state index >= 15 is 0 Å². The average Bonchev–Trinajstić information content (AvgIpc) is 2.77. The van der Waals surface area contributed by atoms with Crippen molar-refractivity contribution in [3.05, 3.63) is 35.4 Å². The maximum atomic E-state index is 13.5. The van der Waals surface area contributed by atoms with Gasteiger partial charge in [-0.1, -0.05) is 11.8 Å². The molecule has 0 atom stereocenters. The first-order valence-electron chi connectivity index (χ1n) is 5.68. The molecule has 1 aromatic carbocycles. The van der Waals surface area contributed by atoms with Crippen LogP contribution in [0.5, 0.6) is 0 Å². The summed E-state index contributed by atoms with van der Waals surface area (Å²) >= 11 is 0.954. The van der Waals surface area contributed by atoms with Crippen LogP contribution in [0.2, 0.25) is 0 Å². The van der Waals surface area contributed by atoms with Gasteiger partial charge in [-0.2, -0.15) is 0 Å². The number of aryl methyl sites for hydroxylation is 1. The summed E-state index contributed by atoms with van der Waals surface area (Å²) < 4.78 is 14.9. The van der Waals surface area contributed by atoms with Gasteiger partial charge in [-0.3, -0.25) is 9.36 Å². The molecule has 2 N–H and O–H groups in total. The van der Waals surface area contributed by atoms with Gasteiger partial charge in [0.1, 0.15) is 12.4 Å². The standard InChI is InChI=1S/C12H12FN3O3S/c1-7-2-8(13)4-9(3-7)16-10(5-17)14-15-12(16)20-6-11(18)19/h2-4,17H,5-6H2,1H3,(H,18,19). The van der Waals surface area contributed by atoms with Crippen LogP contribution in [0.15, 0.2) is 23.4 Å². The highest BCUT2D eigenvalue weighted by Gasteiger charge is 2.15. The number of hydrogen-bond donors (Lipinski definition) is 2. The van der Waals surface area contributed by atoms with Gasteiger partial charge < -0.3 is 10.2 Å². The van der Waals surface area contributed by atoms with Crippen LogP contribution in [0.25, 0.3) is 5.69 Å². The molecular weight excluding hydrogens is 285 g/mol. The van der Waals surface area contributed by atoms with Crippen molar-refractivity contribution >= 4 is 17.7 Å². The molecule has 0 aliphatic heterocycles. The molecule has 0 radical (unpaired) electrons. The number of rotatable bonds is 5. The first kappa shape index (κ1) is 14.5. The Hall–Kier alpha value is -1.93. The third-order valence-corrected chi connectivity index (χ3v) is 3.37. The van der Waals surface area contributed by atoms with Crippen LogP contribution in [0, 0.1) is 12.7 Å². The predicted octanol–water partition coefficient (Wildman–Crippen LogP) is 1.38. The summed E-state index contributed by atoms with van der Waals surface area (Å²) in [6.45, 7) is 1.36. The highest BCUT2D eigenvalue weighted by molar-refractivity contribution is 7.99. The number of aromatic nitrogens is 3. The highest BCUT2D eigenvalue weighted by Crippen LogP contribution is 2.23. The average molecular weight is 297 g/mol. The first-order valence-corrected chi connectivity index (χ1v) is 6.67. The molecule has 0 amide bonds. The third kappa shape index (κ3) is 3.14. The van der Waals surface area contributed by atoms with Crippen molar-refractivity contribution in [2.75, 3.05) is 5.75 Å². The molecule has 1 aromatic heterocycles. The van der Waals surface area contributed by atoms with E-state index in [0.717, 1.165) is 11.8 Å². The summed E-state index contributed by atoms with van der Waals surface area (Å²) in [5.41, 5.74) is 1.15. The molecule has 0 aliphatic rings. The number of benzene rings is 1.